The van der Waals surface area contributed by atoms with Crippen molar-refractivity contribution in [3.05, 3.63) is 30.3 Å². The Morgan fingerprint density at radius 2 is 1.57 bits per heavy atom. The molecule has 0 aromatic heterocycles. The van der Waals surface area contributed by atoms with Crippen LogP contribution in [0.3, 0.4) is 0 Å². The first-order chi connectivity index (χ1) is 11.0. The third kappa shape index (κ3) is 6.75. The van der Waals surface area contributed by atoms with Gasteiger partial charge in [-0.3, -0.25) is 0 Å². The maximum absolute atomic E-state index is 9.36. The van der Waals surface area contributed by atoms with Crippen LogP contribution in [0, 0.1) is 0 Å². The van der Waals surface area contributed by atoms with Gasteiger partial charge in [0.2, 0.25) is 0 Å². The lowest BCUT2D eigenvalue weighted by atomic mass is 9.97. The Balaban J connectivity index is 2.68. The number of benzene rings is 1. The lowest BCUT2D eigenvalue weighted by molar-refractivity contribution is 0.114. The van der Waals surface area contributed by atoms with Crippen molar-refractivity contribution in [1.82, 2.24) is 0 Å². The molecule has 1 rings (SSSR count). The van der Waals surface area contributed by atoms with Crippen LogP contribution in [0.5, 0.6) is 0 Å². The fourth-order valence-electron chi connectivity index (χ4n) is 3.23. The van der Waals surface area contributed by atoms with E-state index in [1.54, 1.807) is 0 Å². The molecular weight excluding hydrogens is 302 g/mol. The SMILES string of the molecule is CCCCCC[Si](C)(CCCC(N)(CO)CO)c1ccccc1. The minimum Gasteiger partial charge on any atom is -0.394 e. The van der Waals surface area contributed by atoms with Crippen LogP contribution < -0.4 is 10.9 Å². The molecule has 0 bridgehead atoms. The average Bonchev–Trinajstić information content (AvgIpc) is 2.59. The van der Waals surface area contributed by atoms with Gasteiger partial charge in [0.25, 0.3) is 0 Å². The molecule has 4 heteroatoms. The number of aliphatic hydroxyl groups excluding tert-OH is 2. The summed E-state index contributed by atoms with van der Waals surface area (Å²) in [6.07, 6.45) is 6.87. The molecule has 0 heterocycles. The fraction of sp³-hybridized carbons (Fsp3) is 0.684. The molecule has 1 unspecified atom stereocenters. The summed E-state index contributed by atoms with van der Waals surface area (Å²) in [5, 5.41) is 20.2. The van der Waals surface area contributed by atoms with Crippen LogP contribution in [0.2, 0.25) is 18.6 Å². The number of hydrogen-bond acceptors (Lipinski definition) is 3. The lowest BCUT2D eigenvalue weighted by Crippen LogP contribution is -2.48. The normalized spacial score (nSPS) is 14.7. The second kappa shape index (κ2) is 10.2. The van der Waals surface area contributed by atoms with Crippen LogP contribution in [0.25, 0.3) is 0 Å². The molecular formula is C19H35NO2Si. The molecule has 0 fully saturated rings. The van der Waals surface area contributed by atoms with Gasteiger partial charge in [-0.25, -0.2) is 0 Å². The molecule has 0 amide bonds. The standard InChI is InChI=1S/C19H35NO2Si/c1-3-4-5-9-14-23(2,18-11-7-6-8-12-18)15-10-13-19(20,16-21)17-22/h6-8,11-12,21-22H,3-5,9-10,13-17,20H2,1-2H3. The van der Waals surface area contributed by atoms with Gasteiger partial charge in [-0.1, -0.05) is 93.2 Å². The van der Waals surface area contributed by atoms with E-state index in [0.717, 1.165) is 6.42 Å². The molecule has 0 aliphatic rings. The summed E-state index contributed by atoms with van der Waals surface area (Å²) in [7, 11) is -1.52. The van der Waals surface area contributed by atoms with Gasteiger partial charge in [0.05, 0.1) is 26.8 Å². The van der Waals surface area contributed by atoms with Crippen LogP contribution in [0.1, 0.15) is 45.4 Å². The quantitative estimate of drug-likeness (QED) is 0.406. The zero-order chi connectivity index (χ0) is 17.2. The van der Waals surface area contributed by atoms with Gasteiger partial charge in [0.15, 0.2) is 0 Å². The molecule has 0 radical (unpaired) electrons. The smallest absolute Gasteiger partial charge is 0.0836 e. The van der Waals surface area contributed by atoms with E-state index >= 15 is 0 Å². The Bertz CT molecular complexity index is 423. The summed E-state index contributed by atoms with van der Waals surface area (Å²) in [5.74, 6) is 0. The highest BCUT2D eigenvalue weighted by Crippen LogP contribution is 2.24. The monoisotopic (exact) mass is 337 g/mol. The minimum atomic E-state index is -1.52. The molecule has 0 aliphatic heterocycles. The van der Waals surface area contributed by atoms with Gasteiger partial charge in [-0.15, -0.1) is 0 Å². The second-order valence-electron chi connectivity index (χ2n) is 7.27. The zero-order valence-corrected chi connectivity index (χ0v) is 15.9. The topological polar surface area (TPSA) is 66.5 Å². The van der Waals surface area contributed by atoms with E-state index in [2.05, 4.69) is 43.8 Å². The van der Waals surface area contributed by atoms with Crippen molar-refractivity contribution in [2.75, 3.05) is 13.2 Å². The van der Waals surface area contributed by atoms with Crippen molar-refractivity contribution in [2.24, 2.45) is 5.73 Å². The third-order valence-electron chi connectivity index (χ3n) is 5.09. The summed E-state index contributed by atoms with van der Waals surface area (Å²) >= 11 is 0. The molecule has 132 valence electrons. The van der Waals surface area contributed by atoms with Crippen molar-refractivity contribution >= 4 is 13.3 Å². The first kappa shape index (κ1) is 20.4. The van der Waals surface area contributed by atoms with Crippen molar-refractivity contribution < 1.29 is 10.2 Å². The van der Waals surface area contributed by atoms with E-state index in [-0.39, 0.29) is 13.2 Å². The largest absolute Gasteiger partial charge is 0.394 e. The van der Waals surface area contributed by atoms with Crippen molar-refractivity contribution in [1.29, 1.82) is 0 Å². The van der Waals surface area contributed by atoms with E-state index in [9.17, 15) is 10.2 Å². The van der Waals surface area contributed by atoms with E-state index < -0.39 is 13.6 Å². The highest BCUT2D eigenvalue weighted by molar-refractivity contribution is 6.90. The van der Waals surface area contributed by atoms with Gasteiger partial charge in [0, 0.05) is 0 Å². The molecule has 1 aromatic carbocycles. The molecule has 0 saturated heterocycles. The number of hydrogen-bond donors (Lipinski definition) is 3. The average molecular weight is 338 g/mol. The van der Waals surface area contributed by atoms with Crippen LogP contribution in [-0.4, -0.2) is 37.0 Å². The van der Waals surface area contributed by atoms with Crippen molar-refractivity contribution in [3.63, 3.8) is 0 Å². The zero-order valence-electron chi connectivity index (χ0n) is 14.9. The Morgan fingerprint density at radius 3 is 2.13 bits per heavy atom. The van der Waals surface area contributed by atoms with Gasteiger partial charge in [0.1, 0.15) is 0 Å². The molecule has 1 atom stereocenters. The molecule has 0 spiro atoms. The molecule has 1 aromatic rings. The Labute approximate surface area is 142 Å². The number of aliphatic hydroxyl groups is 2. The van der Waals surface area contributed by atoms with E-state index in [0.29, 0.717) is 6.42 Å². The predicted octanol–water partition coefficient (Wildman–Crippen LogP) is 3.01. The van der Waals surface area contributed by atoms with Gasteiger partial charge >= 0.3 is 0 Å². The molecule has 4 N–H and O–H groups in total. The highest BCUT2D eigenvalue weighted by atomic mass is 28.3. The van der Waals surface area contributed by atoms with Gasteiger partial charge in [-0.2, -0.15) is 0 Å². The van der Waals surface area contributed by atoms with Crippen molar-refractivity contribution in [2.45, 2.75) is 69.6 Å². The fourth-order valence-corrected chi connectivity index (χ4v) is 7.05. The number of unbranched alkanes of at least 4 members (excludes halogenated alkanes) is 3. The maximum atomic E-state index is 9.36. The van der Waals surface area contributed by atoms with E-state index in [1.165, 1.54) is 43.0 Å². The summed E-state index contributed by atoms with van der Waals surface area (Å²) in [4.78, 5) is 0. The summed E-state index contributed by atoms with van der Waals surface area (Å²) < 4.78 is 0. The van der Waals surface area contributed by atoms with Crippen LogP contribution in [0.4, 0.5) is 0 Å². The van der Waals surface area contributed by atoms with E-state index in [1.807, 2.05) is 0 Å². The Morgan fingerprint density at radius 1 is 0.957 bits per heavy atom. The summed E-state index contributed by atoms with van der Waals surface area (Å²) in [6, 6.07) is 13.4. The number of rotatable bonds is 12. The highest BCUT2D eigenvalue weighted by Gasteiger charge is 2.30. The van der Waals surface area contributed by atoms with Crippen molar-refractivity contribution in [3.8, 4) is 0 Å². The molecule has 3 nitrogen and oxygen atoms in total. The van der Waals surface area contributed by atoms with Crippen LogP contribution in [0.15, 0.2) is 30.3 Å². The molecule has 23 heavy (non-hydrogen) atoms. The molecule has 0 aliphatic carbocycles. The Kier molecular flexibility index (Phi) is 9.06. The Hall–Kier alpha value is -0.683. The van der Waals surface area contributed by atoms with Gasteiger partial charge < -0.3 is 15.9 Å². The van der Waals surface area contributed by atoms with E-state index in [4.69, 9.17) is 5.73 Å². The van der Waals surface area contributed by atoms with Crippen LogP contribution in [-0.2, 0) is 0 Å². The summed E-state index contributed by atoms with van der Waals surface area (Å²) in [5.41, 5.74) is 5.19. The lowest BCUT2D eigenvalue weighted by Gasteiger charge is -2.31. The first-order valence-corrected chi connectivity index (χ1v) is 12.0. The minimum absolute atomic E-state index is 0.149. The second-order valence-corrected chi connectivity index (χ2v) is 12.0. The number of nitrogens with two attached hydrogens (primary N) is 1. The third-order valence-corrected chi connectivity index (χ3v) is 9.73. The molecule has 0 saturated carbocycles. The maximum Gasteiger partial charge on any atom is 0.0836 e. The van der Waals surface area contributed by atoms with Crippen LogP contribution >= 0.6 is 0 Å². The van der Waals surface area contributed by atoms with Gasteiger partial charge in [-0.05, 0) is 6.42 Å². The first-order valence-electron chi connectivity index (χ1n) is 9.06. The summed E-state index contributed by atoms with van der Waals surface area (Å²) in [6.45, 7) is 4.43. The predicted molar refractivity (Wildman–Crippen MR) is 102 cm³/mol.